The van der Waals surface area contributed by atoms with Crippen LogP contribution in [0.5, 0.6) is 5.75 Å². The molecule has 0 spiro atoms. The van der Waals surface area contributed by atoms with Crippen molar-refractivity contribution in [3.63, 3.8) is 0 Å². The zero-order valence-corrected chi connectivity index (χ0v) is 23.2. The van der Waals surface area contributed by atoms with E-state index in [2.05, 4.69) is 0 Å². The molecular formula is C33H41NO6. The lowest BCUT2D eigenvalue weighted by atomic mass is 9.92. The number of carbonyl (C=O) groups excluding carboxylic acids is 1. The normalized spacial score (nSPS) is 15.3. The number of esters is 1. The van der Waals surface area contributed by atoms with Crippen molar-refractivity contribution in [2.45, 2.75) is 63.9 Å². The number of phenols is 1. The Labute approximate surface area is 236 Å². The lowest BCUT2D eigenvalue weighted by Gasteiger charge is -2.22. The van der Waals surface area contributed by atoms with Crippen molar-refractivity contribution in [3.8, 4) is 5.75 Å². The summed E-state index contributed by atoms with van der Waals surface area (Å²) in [5.41, 5.74) is 10.9. The summed E-state index contributed by atoms with van der Waals surface area (Å²) in [6.07, 6.45) is 1.44. The predicted octanol–water partition coefficient (Wildman–Crippen LogP) is 3.55. The van der Waals surface area contributed by atoms with Crippen molar-refractivity contribution in [1.82, 2.24) is 0 Å². The number of hydrogen-bond donors (Lipinski definition) is 5. The molecule has 5 atom stereocenters. The largest absolute Gasteiger partial charge is 0.508 e. The maximum atomic E-state index is 13.0. The Morgan fingerprint density at radius 2 is 1.43 bits per heavy atom. The fourth-order valence-corrected chi connectivity index (χ4v) is 4.77. The minimum atomic E-state index is -1.16. The highest BCUT2D eigenvalue weighted by Crippen LogP contribution is 2.23. The van der Waals surface area contributed by atoms with Crippen LogP contribution in [0.1, 0.15) is 34.2 Å². The minimum Gasteiger partial charge on any atom is -0.508 e. The molecule has 0 aliphatic heterocycles. The quantitative estimate of drug-likeness (QED) is 0.154. The standard InChI is InChI=1S/C33H41NO6/c1-22-16-26(35)17-23(2)28(22)20-30(34)32(38)15-9-14-31(37)29(19-25-12-7-4-8-13-25)33(39)40-21-27(36)18-24-10-5-3-6-11-24/h3-14,16-17,27,29-32,35-38H,15,18-21,34H2,1-2H3. The molecule has 0 radical (unpaired) electrons. The Balaban J connectivity index is 1.60. The SMILES string of the molecule is Cc1cc(O)cc(C)c1CC(N)C(O)CC=CC(O)C(Cc1ccccc1)C(=O)OCC(O)Cc1ccccc1. The lowest BCUT2D eigenvalue weighted by molar-refractivity contribution is -0.154. The molecule has 0 aliphatic carbocycles. The van der Waals surface area contributed by atoms with Crippen molar-refractivity contribution < 1.29 is 30.0 Å². The van der Waals surface area contributed by atoms with Gasteiger partial charge in [-0.15, -0.1) is 0 Å². The van der Waals surface area contributed by atoms with E-state index in [1.165, 1.54) is 6.08 Å². The first-order valence-electron chi connectivity index (χ1n) is 13.6. The maximum Gasteiger partial charge on any atom is 0.312 e. The van der Waals surface area contributed by atoms with Gasteiger partial charge in [-0.25, -0.2) is 0 Å². The highest BCUT2D eigenvalue weighted by Gasteiger charge is 2.28. The van der Waals surface area contributed by atoms with Crippen LogP contribution in [0.15, 0.2) is 84.9 Å². The van der Waals surface area contributed by atoms with E-state index in [-0.39, 0.29) is 25.2 Å². The van der Waals surface area contributed by atoms with Crippen LogP contribution >= 0.6 is 0 Å². The second-order valence-corrected chi connectivity index (χ2v) is 10.4. The zero-order chi connectivity index (χ0) is 29.1. The number of phenolic OH excluding ortho intramolecular Hbond substituents is 1. The number of hydrogen-bond acceptors (Lipinski definition) is 7. The number of rotatable bonds is 14. The first kappa shape index (κ1) is 31.0. The highest BCUT2D eigenvalue weighted by atomic mass is 16.5. The van der Waals surface area contributed by atoms with Gasteiger partial charge in [0.1, 0.15) is 12.4 Å². The van der Waals surface area contributed by atoms with Crippen LogP contribution in [0.3, 0.4) is 0 Å². The Morgan fingerprint density at radius 1 is 0.875 bits per heavy atom. The molecule has 6 N–H and O–H groups in total. The van der Waals surface area contributed by atoms with E-state index in [1.54, 1.807) is 18.2 Å². The number of ether oxygens (including phenoxy) is 1. The van der Waals surface area contributed by atoms with Crippen molar-refractivity contribution in [2.24, 2.45) is 11.7 Å². The topological polar surface area (TPSA) is 133 Å². The first-order valence-corrected chi connectivity index (χ1v) is 13.6. The van der Waals surface area contributed by atoms with Gasteiger partial charge in [-0.1, -0.05) is 72.8 Å². The molecule has 0 fully saturated rings. The van der Waals surface area contributed by atoms with Crippen LogP contribution in [-0.2, 0) is 28.8 Å². The molecule has 7 heteroatoms. The molecule has 0 saturated heterocycles. The van der Waals surface area contributed by atoms with Gasteiger partial charge in [0.25, 0.3) is 0 Å². The number of aryl methyl sites for hydroxylation is 2. The van der Waals surface area contributed by atoms with E-state index in [9.17, 15) is 25.2 Å². The molecule has 3 rings (SSSR count). The second kappa shape index (κ2) is 15.3. The Bertz CT molecular complexity index is 1210. The van der Waals surface area contributed by atoms with Gasteiger partial charge in [0.2, 0.25) is 0 Å². The van der Waals surface area contributed by atoms with Crippen LogP contribution in [0, 0.1) is 19.8 Å². The average molecular weight is 548 g/mol. The van der Waals surface area contributed by atoms with Gasteiger partial charge < -0.3 is 30.9 Å². The van der Waals surface area contributed by atoms with Gasteiger partial charge in [-0.2, -0.15) is 0 Å². The summed E-state index contributed by atoms with van der Waals surface area (Å²) in [6.45, 7) is 3.60. The second-order valence-electron chi connectivity index (χ2n) is 10.4. The third-order valence-electron chi connectivity index (χ3n) is 7.07. The summed E-state index contributed by atoms with van der Waals surface area (Å²) in [5.74, 6) is -1.31. The van der Waals surface area contributed by atoms with Gasteiger partial charge in [-0.05, 0) is 73.1 Å². The van der Waals surface area contributed by atoms with Crippen LogP contribution < -0.4 is 5.73 Å². The van der Waals surface area contributed by atoms with Crippen LogP contribution in [0.2, 0.25) is 0 Å². The van der Waals surface area contributed by atoms with Crippen molar-refractivity contribution in [3.05, 3.63) is 113 Å². The molecule has 0 heterocycles. The molecule has 0 saturated carbocycles. The first-order chi connectivity index (χ1) is 19.1. The van der Waals surface area contributed by atoms with E-state index >= 15 is 0 Å². The number of carbonyl (C=O) groups is 1. The van der Waals surface area contributed by atoms with Gasteiger partial charge >= 0.3 is 5.97 Å². The smallest absolute Gasteiger partial charge is 0.312 e. The number of benzene rings is 3. The van der Waals surface area contributed by atoms with Crippen molar-refractivity contribution in [1.29, 1.82) is 0 Å². The summed E-state index contributed by atoms with van der Waals surface area (Å²) in [7, 11) is 0. The molecule has 0 bridgehead atoms. The van der Waals surface area contributed by atoms with E-state index in [0.717, 1.165) is 27.8 Å². The van der Waals surface area contributed by atoms with Crippen LogP contribution in [-0.4, -0.2) is 57.4 Å². The summed E-state index contributed by atoms with van der Waals surface area (Å²) >= 11 is 0. The molecule has 214 valence electrons. The summed E-state index contributed by atoms with van der Waals surface area (Å²) < 4.78 is 5.42. The predicted molar refractivity (Wildman–Crippen MR) is 156 cm³/mol. The summed E-state index contributed by atoms with van der Waals surface area (Å²) in [5, 5.41) is 41.7. The molecule has 0 aliphatic rings. The maximum absolute atomic E-state index is 13.0. The molecule has 5 unspecified atom stereocenters. The summed E-state index contributed by atoms with van der Waals surface area (Å²) in [4.78, 5) is 13.0. The Hall–Kier alpha value is -3.49. The minimum absolute atomic E-state index is 0.181. The number of nitrogens with two attached hydrogens (primary N) is 1. The van der Waals surface area contributed by atoms with E-state index in [0.29, 0.717) is 12.8 Å². The molecule has 3 aromatic rings. The molecule has 0 amide bonds. The lowest BCUT2D eigenvalue weighted by Crippen LogP contribution is -2.37. The zero-order valence-electron chi connectivity index (χ0n) is 23.2. The monoisotopic (exact) mass is 547 g/mol. The molecule has 40 heavy (non-hydrogen) atoms. The van der Waals surface area contributed by atoms with Crippen LogP contribution in [0.4, 0.5) is 0 Å². The molecular weight excluding hydrogens is 506 g/mol. The van der Waals surface area contributed by atoms with Gasteiger partial charge in [0, 0.05) is 12.5 Å². The Kier molecular flexibility index (Phi) is 11.9. The van der Waals surface area contributed by atoms with Gasteiger partial charge in [0.05, 0.1) is 24.2 Å². The van der Waals surface area contributed by atoms with E-state index < -0.39 is 36.2 Å². The third-order valence-corrected chi connectivity index (χ3v) is 7.07. The van der Waals surface area contributed by atoms with Gasteiger partial charge in [-0.3, -0.25) is 4.79 Å². The molecule has 7 nitrogen and oxygen atoms in total. The van der Waals surface area contributed by atoms with Crippen molar-refractivity contribution >= 4 is 5.97 Å². The van der Waals surface area contributed by atoms with E-state index in [1.807, 2.05) is 74.5 Å². The Morgan fingerprint density at radius 3 is 2.00 bits per heavy atom. The number of aliphatic hydroxyl groups excluding tert-OH is 3. The fourth-order valence-electron chi connectivity index (χ4n) is 4.77. The van der Waals surface area contributed by atoms with Crippen molar-refractivity contribution in [2.75, 3.05) is 6.61 Å². The summed E-state index contributed by atoms with van der Waals surface area (Å²) in [6, 6.07) is 21.6. The van der Waals surface area contributed by atoms with Gasteiger partial charge in [0.15, 0.2) is 0 Å². The number of aromatic hydroxyl groups is 1. The number of aliphatic hydroxyl groups is 3. The molecule has 3 aromatic carbocycles. The third kappa shape index (κ3) is 9.61. The fraction of sp³-hybridized carbons (Fsp3) is 0.364. The highest BCUT2D eigenvalue weighted by molar-refractivity contribution is 5.74. The van der Waals surface area contributed by atoms with E-state index in [4.69, 9.17) is 10.5 Å². The van der Waals surface area contributed by atoms with Crippen LogP contribution in [0.25, 0.3) is 0 Å². The average Bonchev–Trinajstić information content (AvgIpc) is 2.93. The molecule has 0 aromatic heterocycles.